The Morgan fingerprint density at radius 3 is 2.13 bits per heavy atom. The second-order valence-corrected chi connectivity index (χ2v) is 9.65. The Morgan fingerprint density at radius 2 is 1.58 bits per heavy atom. The quantitative estimate of drug-likeness (QED) is 0.584. The summed E-state index contributed by atoms with van der Waals surface area (Å²) in [4.78, 5) is 27.1. The number of nitrogens with zero attached hydrogens (tertiary/aromatic N) is 2. The fourth-order valence-corrected chi connectivity index (χ4v) is 3.86. The van der Waals surface area contributed by atoms with E-state index in [1.165, 1.54) is 4.90 Å². The number of rotatable bonds is 10. The van der Waals surface area contributed by atoms with Crippen LogP contribution in [0.4, 0.5) is 0 Å². The first-order valence-corrected chi connectivity index (χ1v) is 12.1. The summed E-state index contributed by atoms with van der Waals surface area (Å²) in [7, 11) is -3.66. The van der Waals surface area contributed by atoms with E-state index in [0.29, 0.717) is 11.6 Å². The van der Waals surface area contributed by atoms with Gasteiger partial charge >= 0.3 is 0 Å². The number of nitrogens with one attached hydrogen (secondary N) is 1. The maximum atomic E-state index is 13.2. The zero-order chi connectivity index (χ0) is 23.0. The van der Waals surface area contributed by atoms with Gasteiger partial charge in [0.05, 0.1) is 12.8 Å². The first-order chi connectivity index (χ1) is 14.6. The number of likely N-dealkylation sites (N-methyl/N-ethyl adjacent to an activating group) is 1. The molecule has 31 heavy (non-hydrogen) atoms. The van der Waals surface area contributed by atoms with Crippen molar-refractivity contribution < 1.29 is 18.0 Å². The molecule has 0 fully saturated rings. The van der Waals surface area contributed by atoms with Gasteiger partial charge in [0.2, 0.25) is 21.8 Å². The summed E-state index contributed by atoms with van der Waals surface area (Å²) >= 11 is 5.94. The standard InChI is InChI=1S/C22H28ClN3O4S/c1-4-24-22(28)17(2)26(15-19-10-12-20(23)13-11-19)21(27)16-25(31(3,29)30)14-18-8-6-5-7-9-18/h5-13,17H,4,14-16H2,1-3H3,(H,24,28)/t17-/m0/s1. The van der Waals surface area contributed by atoms with Crippen LogP contribution in [-0.4, -0.2) is 54.8 Å². The lowest BCUT2D eigenvalue weighted by atomic mass is 10.1. The van der Waals surface area contributed by atoms with Crippen molar-refractivity contribution in [2.75, 3.05) is 19.3 Å². The van der Waals surface area contributed by atoms with E-state index in [4.69, 9.17) is 11.6 Å². The van der Waals surface area contributed by atoms with Gasteiger partial charge in [-0.2, -0.15) is 4.31 Å². The van der Waals surface area contributed by atoms with E-state index < -0.39 is 22.0 Å². The van der Waals surface area contributed by atoms with Crippen molar-refractivity contribution in [1.29, 1.82) is 0 Å². The Hall–Kier alpha value is -2.42. The minimum atomic E-state index is -3.66. The van der Waals surface area contributed by atoms with Gasteiger partial charge in [-0.15, -0.1) is 0 Å². The Morgan fingerprint density at radius 1 is 1.00 bits per heavy atom. The van der Waals surface area contributed by atoms with E-state index in [1.807, 2.05) is 18.2 Å². The van der Waals surface area contributed by atoms with E-state index in [-0.39, 0.29) is 25.5 Å². The molecule has 0 aliphatic rings. The van der Waals surface area contributed by atoms with E-state index in [2.05, 4.69) is 5.32 Å². The summed E-state index contributed by atoms with van der Waals surface area (Å²) in [5, 5.41) is 3.27. The number of halogens is 1. The lowest BCUT2D eigenvalue weighted by Crippen LogP contribution is -2.50. The Kier molecular flexibility index (Phi) is 9.03. The number of carbonyl (C=O) groups excluding carboxylic acids is 2. The maximum absolute atomic E-state index is 13.2. The first-order valence-electron chi connectivity index (χ1n) is 9.92. The largest absolute Gasteiger partial charge is 0.355 e. The van der Waals surface area contributed by atoms with Crippen molar-refractivity contribution in [2.24, 2.45) is 0 Å². The van der Waals surface area contributed by atoms with Crippen molar-refractivity contribution in [3.05, 3.63) is 70.7 Å². The molecule has 0 aromatic heterocycles. The summed E-state index contributed by atoms with van der Waals surface area (Å²) in [6, 6.07) is 15.2. The average Bonchev–Trinajstić information content (AvgIpc) is 2.72. The van der Waals surface area contributed by atoms with Crippen molar-refractivity contribution in [1.82, 2.24) is 14.5 Å². The number of sulfonamides is 1. The zero-order valence-electron chi connectivity index (χ0n) is 17.9. The highest BCUT2D eigenvalue weighted by atomic mass is 35.5. The summed E-state index contributed by atoms with van der Waals surface area (Å²) in [6.45, 7) is 3.69. The molecule has 0 heterocycles. The van der Waals surface area contributed by atoms with Crippen LogP contribution in [0, 0.1) is 0 Å². The van der Waals surface area contributed by atoms with Gasteiger partial charge in [-0.25, -0.2) is 8.42 Å². The van der Waals surface area contributed by atoms with E-state index in [1.54, 1.807) is 50.2 Å². The van der Waals surface area contributed by atoms with Crippen LogP contribution in [0.1, 0.15) is 25.0 Å². The summed E-state index contributed by atoms with van der Waals surface area (Å²) in [5.74, 6) is -0.770. The monoisotopic (exact) mass is 465 g/mol. The van der Waals surface area contributed by atoms with Crippen molar-refractivity contribution in [3.63, 3.8) is 0 Å². The van der Waals surface area contributed by atoms with E-state index >= 15 is 0 Å². The van der Waals surface area contributed by atoms with Crippen LogP contribution >= 0.6 is 11.6 Å². The molecule has 1 atom stereocenters. The van der Waals surface area contributed by atoms with Gasteiger partial charge in [0.15, 0.2) is 0 Å². The highest BCUT2D eigenvalue weighted by Crippen LogP contribution is 2.15. The molecule has 1 N–H and O–H groups in total. The summed E-state index contributed by atoms with van der Waals surface area (Å²) < 4.78 is 25.8. The molecule has 0 aliphatic carbocycles. The van der Waals surface area contributed by atoms with E-state index in [9.17, 15) is 18.0 Å². The Labute approximate surface area is 189 Å². The third-order valence-corrected chi connectivity index (χ3v) is 6.22. The van der Waals surface area contributed by atoms with Crippen molar-refractivity contribution in [3.8, 4) is 0 Å². The molecule has 2 aromatic rings. The van der Waals surface area contributed by atoms with Crippen LogP contribution < -0.4 is 5.32 Å². The highest BCUT2D eigenvalue weighted by molar-refractivity contribution is 7.88. The minimum Gasteiger partial charge on any atom is -0.355 e. The third kappa shape index (κ3) is 7.65. The molecule has 0 spiro atoms. The summed E-state index contributed by atoms with van der Waals surface area (Å²) in [5.41, 5.74) is 1.55. The normalized spacial score (nSPS) is 12.4. The molecule has 2 rings (SSSR count). The van der Waals surface area contributed by atoms with Crippen LogP contribution in [0.15, 0.2) is 54.6 Å². The lowest BCUT2D eigenvalue weighted by molar-refractivity contribution is -0.140. The fraction of sp³-hybridized carbons (Fsp3) is 0.364. The molecule has 2 aromatic carbocycles. The van der Waals surface area contributed by atoms with Crippen LogP contribution in [-0.2, 0) is 32.7 Å². The van der Waals surface area contributed by atoms with Crippen LogP contribution in [0.5, 0.6) is 0 Å². The Balaban J connectivity index is 2.28. The van der Waals surface area contributed by atoms with Gasteiger partial charge in [-0.3, -0.25) is 9.59 Å². The Bertz CT molecular complexity index is 982. The smallest absolute Gasteiger partial charge is 0.242 e. The van der Waals surface area contributed by atoms with Crippen LogP contribution in [0.3, 0.4) is 0 Å². The van der Waals surface area contributed by atoms with Gasteiger partial charge in [0.1, 0.15) is 6.04 Å². The predicted molar refractivity (Wildman–Crippen MR) is 122 cm³/mol. The van der Waals surface area contributed by atoms with Crippen LogP contribution in [0.2, 0.25) is 5.02 Å². The molecule has 0 radical (unpaired) electrons. The number of benzene rings is 2. The van der Waals surface area contributed by atoms with Gasteiger partial charge in [0.25, 0.3) is 0 Å². The number of amides is 2. The first kappa shape index (κ1) is 24.8. The third-order valence-electron chi connectivity index (χ3n) is 4.77. The average molecular weight is 466 g/mol. The molecule has 0 saturated carbocycles. The van der Waals surface area contributed by atoms with Gasteiger partial charge in [0, 0.05) is 24.7 Å². The number of carbonyl (C=O) groups is 2. The minimum absolute atomic E-state index is 0.0652. The predicted octanol–water partition coefficient (Wildman–Crippen LogP) is 2.66. The molecular formula is C22H28ClN3O4S. The summed E-state index contributed by atoms with van der Waals surface area (Å²) in [6.07, 6.45) is 1.07. The molecule has 168 valence electrons. The van der Waals surface area contributed by atoms with Crippen molar-refractivity contribution in [2.45, 2.75) is 33.0 Å². The molecular weight excluding hydrogens is 438 g/mol. The van der Waals surface area contributed by atoms with E-state index in [0.717, 1.165) is 21.7 Å². The number of hydrogen-bond donors (Lipinski definition) is 1. The van der Waals surface area contributed by atoms with Crippen LogP contribution in [0.25, 0.3) is 0 Å². The van der Waals surface area contributed by atoms with Gasteiger partial charge in [-0.1, -0.05) is 54.1 Å². The second-order valence-electron chi connectivity index (χ2n) is 7.24. The zero-order valence-corrected chi connectivity index (χ0v) is 19.5. The molecule has 0 bridgehead atoms. The molecule has 0 aliphatic heterocycles. The van der Waals surface area contributed by atoms with Gasteiger partial charge in [-0.05, 0) is 37.1 Å². The number of hydrogen-bond acceptors (Lipinski definition) is 4. The molecule has 0 unspecified atom stereocenters. The van der Waals surface area contributed by atoms with Crippen molar-refractivity contribution >= 4 is 33.4 Å². The SMILES string of the molecule is CCNC(=O)[C@H](C)N(Cc1ccc(Cl)cc1)C(=O)CN(Cc1ccccc1)S(C)(=O)=O. The fourth-order valence-electron chi connectivity index (χ4n) is 3.01. The second kappa shape index (κ2) is 11.3. The maximum Gasteiger partial charge on any atom is 0.242 e. The topological polar surface area (TPSA) is 86.8 Å². The molecule has 0 saturated heterocycles. The molecule has 9 heteroatoms. The molecule has 7 nitrogen and oxygen atoms in total. The lowest BCUT2D eigenvalue weighted by Gasteiger charge is -2.31. The molecule has 2 amide bonds. The highest BCUT2D eigenvalue weighted by Gasteiger charge is 2.29. The van der Waals surface area contributed by atoms with Gasteiger partial charge < -0.3 is 10.2 Å².